The summed E-state index contributed by atoms with van der Waals surface area (Å²) in [5, 5.41) is 9.65. The molecule has 1 aromatic rings. The largest absolute Gasteiger partial charge is 0.398 e. The van der Waals surface area contributed by atoms with Gasteiger partial charge in [-0.2, -0.15) is 4.31 Å². The van der Waals surface area contributed by atoms with Gasteiger partial charge in [0.1, 0.15) is 10.9 Å². The van der Waals surface area contributed by atoms with Crippen LogP contribution in [0.25, 0.3) is 0 Å². The van der Waals surface area contributed by atoms with Gasteiger partial charge in [0.15, 0.2) is 0 Å². The van der Waals surface area contributed by atoms with Gasteiger partial charge in [-0.05, 0) is 37.1 Å². The Hall–Kier alpha value is -1.64. The molecular formula is C13H19N3O4S. The van der Waals surface area contributed by atoms with Crippen LogP contribution in [0.15, 0.2) is 17.0 Å². The summed E-state index contributed by atoms with van der Waals surface area (Å²) in [5.74, 6) is -0.780. The Bertz CT molecular complexity index is 687. The lowest BCUT2D eigenvalue weighted by molar-refractivity contribution is -0.121. The Kier molecular flexibility index (Phi) is 3.96. The van der Waals surface area contributed by atoms with Crippen molar-refractivity contribution in [3.63, 3.8) is 0 Å². The summed E-state index contributed by atoms with van der Waals surface area (Å²) in [5.41, 5.74) is 12.8. The topological polar surface area (TPSA) is 127 Å². The highest BCUT2D eigenvalue weighted by atomic mass is 32.2. The summed E-state index contributed by atoms with van der Waals surface area (Å²) in [6.45, 7) is 3.44. The number of amides is 1. The highest BCUT2D eigenvalue weighted by Gasteiger charge is 2.43. The highest BCUT2D eigenvalue weighted by Crippen LogP contribution is 2.30. The molecule has 21 heavy (non-hydrogen) atoms. The molecule has 1 aliphatic rings. The number of nitrogens with two attached hydrogens (primary N) is 2. The number of sulfonamides is 1. The van der Waals surface area contributed by atoms with E-state index in [0.717, 1.165) is 15.4 Å². The zero-order chi connectivity index (χ0) is 15.9. The predicted molar refractivity (Wildman–Crippen MR) is 77.8 cm³/mol. The summed E-state index contributed by atoms with van der Waals surface area (Å²) in [4.78, 5) is 11.4. The number of rotatable bonds is 3. The molecule has 2 atom stereocenters. The lowest BCUT2D eigenvalue weighted by atomic mass is 10.1. The molecule has 5 N–H and O–H groups in total. The molecule has 2 rings (SSSR count). The van der Waals surface area contributed by atoms with Crippen molar-refractivity contribution < 1.29 is 18.3 Å². The van der Waals surface area contributed by atoms with Gasteiger partial charge in [0.05, 0.1) is 11.8 Å². The number of nitrogen functional groups attached to an aromatic ring is 1. The normalized spacial score (nSPS) is 23.4. The van der Waals surface area contributed by atoms with E-state index in [1.165, 1.54) is 6.07 Å². The van der Waals surface area contributed by atoms with Gasteiger partial charge in [-0.1, -0.05) is 0 Å². The number of hydrogen-bond donors (Lipinski definition) is 3. The van der Waals surface area contributed by atoms with Crippen LogP contribution in [-0.2, 0) is 14.8 Å². The fourth-order valence-electron chi connectivity index (χ4n) is 2.47. The van der Waals surface area contributed by atoms with Gasteiger partial charge in [-0.3, -0.25) is 4.79 Å². The second-order valence-corrected chi connectivity index (χ2v) is 7.22. The van der Waals surface area contributed by atoms with Crippen molar-refractivity contribution in [1.82, 2.24) is 4.31 Å². The average Bonchev–Trinajstić information content (AvgIpc) is 2.76. The first kappa shape index (κ1) is 15.7. The third kappa shape index (κ3) is 2.74. The van der Waals surface area contributed by atoms with Crippen LogP contribution in [0.5, 0.6) is 0 Å². The fourth-order valence-corrected chi connectivity index (χ4v) is 4.30. The summed E-state index contributed by atoms with van der Waals surface area (Å²) >= 11 is 0. The van der Waals surface area contributed by atoms with Gasteiger partial charge in [0.25, 0.3) is 0 Å². The number of carbonyl (C=O) groups excluding carboxylic acids is 1. The lowest BCUT2D eigenvalue weighted by Gasteiger charge is -2.22. The molecule has 1 fully saturated rings. The minimum absolute atomic E-state index is 0.000683. The van der Waals surface area contributed by atoms with Crippen molar-refractivity contribution in [2.45, 2.75) is 37.3 Å². The van der Waals surface area contributed by atoms with Crippen molar-refractivity contribution in [3.8, 4) is 0 Å². The monoisotopic (exact) mass is 313 g/mol. The van der Waals surface area contributed by atoms with E-state index >= 15 is 0 Å². The molecule has 2 unspecified atom stereocenters. The first-order chi connectivity index (χ1) is 9.64. The van der Waals surface area contributed by atoms with Gasteiger partial charge in [-0.25, -0.2) is 8.42 Å². The molecule has 1 amide bonds. The number of hydrogen-bond acceptors (Lipinski definition) is 5. The number of primary amides is 1. The molecule has 116 valence electrons. The van der Waals surface area contributed by atoms with Crippen LogP contribution in [0.1, 0.15) is 17.5 Å². The minimum atomic E-state index is -3.99. The van der Waals surface area contributed by atoms with Crippen molar-refractivity contribution in [3.05, 3.63) is 23.3 Å². The minimum Gasteiger partial charge on any atom is -0.398 e. The van der Waals surface area contributed by atoms with Crippen LogP contribution in [-0.4, -0.2) is 42.4 Å². The van der Waals surface area contributed by atoms with E-state index in [2.05, 4.69) is 0 Å². The van der Waals surface area contributed by atoms with E-state index < -0.39 is 28.1 Å². The SMILES string of the molecule is Cc1cc(N)c(S(=O)(=O)N2CC(O)CC2C(N)=O)cc1C. The van der Waals surface area contributed by atoms with Crippen molar-refractivity contribution >= 4 is 21.6 Å². The zero-order valence-corrected chi connectivity index (χ0v) is 12.7. The van der Waals surface area contributed by atoms with Crippen molar-refractivity contribution in [1.29, 1.82) is 0 Å². The van der Waals surface area contributed by atoms with Crippen LogP contribution in [0.4, 0.5) is 5.69 Å². The molecule has 0 aliphatic carbocycles. The standard InChI is InChI=1S/C13H19N3O4S/c1-7-3-10(14)12(4-8(7)2)21(19,20)16-6-9(17)5-11(16)13(15)18/h3-4,9,11,17H,5-6,14H2,1-2H3,(H2,15,18). The number of aryl methyl sites for hydroxylation is 2. The molecular weight excluding hydrogens is 294 g/mol. The van der Waals surface area contributed by atoms with Crippen LogP contribution in [0.3, 0.4) is 0 Å². The Morgan fingerprint density at radius 1 is 1.33 bits per heavy atom. The van der Waals surface area contributed by atoms with Gasteiger partial charge < -0.3 is 16.6 Å². The lowest BCUT2D eigenvalue weighted by Crippen LogP contribution is -2.43. The van der Waals surface area contributed by atoms with E-state index in [9.17, 15) is 18.3 Å². The molecule has 8 heteroatoms. The number of aliphatic hydroxyl groups is 1. The van der Waals surface area contributed by atoms with Crippen molar-refractivity contribution in [2.24, 2.45) is 5.73 Å². The van der Waals surface area contributed by atoms with Gasteiger partial charge in [0.2, 0.25) is 15.9 Å². The Balaban J connectivity index is 2.52. The predicted octanol–water partition coefficient (Wildman–Crippen LogP) is -0.505. The molecule has 1 aromatic carbocycles. The summed E-state index contributed by atoms with van der Waals surface area (Å²) in [7, 11) is -3.99. The fraction of sp³-hybridized carbons (Fsp3) is 0.462. The smallest absolute Gasteiger partial charge is 0.245 e. The molecule has 1 heterocycles. The van der Waals surface area contributed by atoms with E-state index in [0.29, 0.717) is 0 Å². The maximum absolute atomic E-state index is 12.7. The third-order valence-corrected chi connectivity index (χ3v) is 5.71. The van der Waals surface area contributed by atoms with Crippen LogP contribution < -0.4 is 11.5 Å². The molecule has 1 saturated heterocycles. The van der Waals surface area contributed by atoms with Gasteiger partial charge >= 0.3 is 0 Å². The van der Waals surface area contributed by atoms with E-state index in [-0.39, 0.29) is 23.5 Å². The number of anilines is 1. The van der Waals surface area contributed by atoms with E-state index in [4.69, 9.17) is 11.5 Å². The first-order valence-corrected chi connectivity index (χ1v) is 7.94. The summed E-state index contributed by atoms with van der Waals surface area (Å²) in [6, 6.07) is 2.00. The molecule has 7 nitrogen and oxygen atoms in total. The Labute approximate surface area is 123 Å². The second kappa shape index (κ2) is 5.28. The van der Waals surface area contributed by atoms with Crippen LogP contribution in [0, 0.1) is 13.8 Å². The zero-order valence-electron chi connectivity index (χ0n) is 11.9. The molecule has 0 aromatic heterocycles. The van der Waals surface area contributed by atoms with Crippen LogP contribution >= 0.6 is 0 Å². The third-order valence-electron chi connectivity index (χ3n) is 3.77. The van der Waals surface area contributed by atoms with E-state index in [1.807, 2.05) is 6.92 Å². The van der Waals surface area contributed by atoms with Gasteiger partial charge in [-0.15, -0.1) is 0 Å². The quantitative estimate of drug-likeness (QED) is 0.648. The Morgan fingerprint density at radius 2 is 1.90 bits per heavy atom. The summed E-state index contributed by atoms with van der Waals surface area (Å²) < 4.78 is 26.3. The maximum atomic E-state index is 12.7. The summed E-state index contributed by atoms with van der Waals surface area (Å²) in [6.07, 6.45) is -0.913. The molecule has 0 spiro atoms. The second-order valence-electron chi connectivity index (χ2n) is 5.36. The Morgan fingerprint density at radius 3 is 2.48 bits per heavy atom. The molecule has 0 bridgehead atoms. The average molecular weight is 313 g/mol. The number of carbonyl (C=O) groups is 1. The number of nitrogens with zero attached hydrogens (tertiary/aromatic N) is 1. The van der Waals surface area contributed by atoms with Gasteiger partial charge in [0, 0.05) is 13.0 Å². The van der Waals surface area contributed by atoms with Crippen LogP contribution in [0.2, 0.25) is 0 Å². The maximum Gasteiger partial charge on any atom is 0.245 e. The number of benzene rings is 1. The van der Waals surface area contributed by atoms with Crippen molar-refractivity contribution in [2.75, 3.05) is 12.3 Å². The highest BCUT2D eigenvalue weighted by molar-refractivity contribution is 7.89. The first-order valence-electron chi connectivity index (χ1n) is 6.50. The van der Waals surface area contributed by atoms with E-state index in [1.54, 1.807) is 13.0 Å². The molecule has 0 radical (unpaired) electrons. The molecule has 0 saturated carbocycles. The number of β-amino-alcohol motifs (C(OH)–C–C–N with tert-alkyl or cyclic N) is 1. The molecule has 1 aliphatic heterocycles. The number of aliphatic hydroxyl groups excluding tert-OH is 1.